The number of pyridine rings is 1. The van der Waals surface area contributed by atoms with Crippen LogP contribution in [0, 0.1) is 0 Å². The van der Waals surface area contributed by atoms with Gasteiger partial charge in [-0.25, -0.2) is 9.78 Å². The van der Waals surface area contributed by atoms with Gasteiger partial charge in [0.25, 0.3) is 0 Å². The first-order valence-corrected chi connectivity index (χ1v) is 6.27. The van der Waals surface area contributed by atoms with Crippen LogP contribution in [0.2, 0.25) is 0 Å². The third-order valence-corrected chi connectivity index (χ3v) is 2.91. The largest absolute Gasteiger partial charge is 0.467 e. The highest BCUT2D eigenvalue weighted by Crippen LogP contribution is 2.20. The van der Waals surface area contributed by atoms with E-state index in [9.17, 15) is 9.59 Å². The maximum Gasteiger partial charge on any atom is 0.333 e. The number of nitrogens with zero attached hydrogens (tertiary/aromatic N) is 1. The van der Waals surface area contributed by atoms with E-state index >= 15 is 0 Å². The van der Waals surface area contributed by atoms with Crippen molar-refractivity contribution in [3.8, 4) is 0 Å². The fourth-order valence-corrected chi connectivity index (χ4v) is 1.85. The van der Waals surface area contributed by atoms with Gasteiger partial charge in [-0.05, 0) is 17.7 Å². The van der Waals surface area contributed by atoms with Gasteiger partial charge in [-0.3, -0.25) is 4.79 Å². The lowest BCUT2D eigenvalue weighted by atomic mass is 10.1. The van der Waals surface area contributed by atoms with Gasteiger partial charge in [0.15, 0.2) is 6.04 Å². The summed E-state index contributed by atoms with van der Waals surface area (Å²) < 4.78 is 4.80. The average Bonchev–Trinajstić information content (AvgIpc) is 2.53. The van der Waals surface area contributed by atoms with Crippen molar-refractivity contribution in [1.82, 2.24) is 4.98 Å². The number of rotatable bonds is 5. The van der Waals surface area contributed by atoms with Crippen molar-refractivity contribution in [1.29, 1.82) is 0 Å². The van der Waals surface area contributed by atoms with Crippen LogP contribution in [0.4, 0.5) is 5.82 Å². The van der Waals surface area contributed by atoms with Crippen LogP contribution in [0.5, 0.6) is 0 Å². The minimum Gasteiger partial charge on any atom is -0.467 e. The monoisotopic (exact) mass is 285 g/mol. The number of hydrogen-bond acceptors (Lipinski definition) is 5. The Kier molecular flexibility index (Phi) is 4.50. The van der Waals surface area contributed by atoms with Crippen LogP contribution in [0.15, 0.2) is 48.7 Å². The number of ether oxygens (including phenoxy) is 1. The van der Waals surface area contributed by atoms with Crippen LogP contribution in [0.25, 0.3) is 0 Å². The van der Waals surface area contributed by atoms with Gasteiger partial charge in [-0.15, -0.1) is 0 Å². The molecule has 1 unspecified atom stereocenters. The van der Waals surface area contributed by atoms with E-state index in [1.165, 1.54) is 25.4 Å². The Bertz CT molecular complexity index is 644. The Balaban J connectivity index is 2.29. The Morgan fingerprint density at radius 3 is 2.57 bits per heavy atom. The number of benzene rings is 1. The van der Waals surface area contributed by atoms with Gasteiger partial charge in [0, 0.05) is 11.8 Å². The number of nitrogens with one attached hydrogen (secondary N) is 1. The first-order chi connectivity index (χ1) is 10.1. The lowest BCUT2D eigenvalue weighted by Crippen LogP contribution is -2.23. The van der Waals surface area contributed by atoms with Crippen LogP contribution in [0.1, 0.15) is 22.0 Å². The second-order valence-corrected chi connectivity index (χ2v) is 4.31. The topological polar surface area (TPSA) is 94.3 Å². The molecule has 1 amide bonds. The van der Waals surface area contributed by atoms with Crippen LogP contribution in [0.3, 0.4) is 0 Å². The van der Waals surface area contributed by atoms with E-state index in [1.807, 2.05) is 18.2 Å². The number of primary amides is 1. The smallest absolute Gasteiger partial charge is 0.333 e. The summed E-state index contributed by atoms with van der Waals surface area (Å²) in [6.07, 6.45) is 1.45. The molecule has 0 fully saturated rings. The Morgan fingerprint density at radius 1 is 1.24 bits per heavy atom. The molecule has 1 aromatic heterocycles. The molecule has 21 heavy (non-hydrogen) atoms. The van der Waals surface area contributed by atoms with E-state index in [0.717, 1.165) is 5.56 Å². The number of nitrogens with two attached hydrogens (primary N) is 1. The molecule has 0 aliphatic heterocycles. The highest BCUT2D eigenvalue weighted by Gasteiger charge is 2.21. The predicted octanol–water partition coefficient (Wildman–Crippen LogP) is 1.51. The summed E-state index contributed by atoms with van der Waals surface area (Å²) in [4.78, 5) is 27.2. The molecule has 0 bridgehead atoms. The first kappa shape index (κ1) is 14.5. The van der Waals surface area contributed by atoms with Gasteiger partial charge in [-0.2, -0.15) is 0 Å². The molecule has 2 aromatic rings. The van der Waals surface area contributed by atoms with Gasteiger partial charge >= 0.3 is 5.97 Å². The van der Waals surface area contributed by atoms with E-state index in [-0.39, 0.29) is 0 Å². The van der Waals surface area contributed by atoms with Crippen molar-refractivity contribution in [2.24, 2.45) is 5.73 Å². The summed E-state index contributed by atoms with van der Waals surface area (Å²) in [6, 6.07) is 11.4. The Labute approximate surface area is 121 Å². The summed E-state index contributed by atoms with van der Waals surface area (Å²) >= 11 is 0. The first-order valence-electron chi connectivity index (χ1n) is 6.27. The zero-order valence-corrected chi connectivity index (χ0v) is 11.4. The van der Waals surface area contributed by atoms with Crippen molar-refractivity contribution in [3.05, 3.63) is 59.8 Å². The van der Waals surface area contributed by atoms with Crippen LogP contribution in [-0.4, -0.2) is 24.0 Å². The van der Waals surface area contributed by atoms with Crippen molar-refractivity contribution in [2.45, 2.75) is 6.04 Å². The zero-order chi connectivity index (χ0) is 15.2. The van der Waals surface area contributed by atoms with Gasteiger partial charge in [0.1, 0.15) is 5.82 Å². The van der Waals surface area contributed by atoms with E-state index in [2.05, 4.69) is 10.3 Å². The summed E-state index contributed by atoms with van der Waals surface area (Å²) in [6.45, 7) is 0. The van der Waals surface area contributed by atoms with E-state index in [4.69, 9.17) is 10.5 Å². The van der Waals surface area contributed by atoms with Gasteiger partial charge in [-0.1, -0.05) is 30.3 Å². The molecule has 6 heteroatoms. The van der Waals surface area contributed by atoms with Crippen LogP contribution in [-0.2, 0) is 9.53 Å². The number of anilines is 1. The molecule has 3 N–H and O–H groups in total. The summed E-state index contributed by atoms with van der Waals surface area (Å²) in [5.74, 6) is -0.646. The van der Waals surface area contributed by atoms with Crippen molar-refractivity contribution in [2.75, 3.05) is 12.4 Å². The minimum atomic E-state index is -0.716. The molecule has 1 atom stereocenters. The lowest BCUT2D eigenvalue weighted by molar-refractivity contribution is -0.141. The number of esters is 1. The molecule has 1 heterocycles. The quantitative estimate of drug-likeness (QED) is 0.812. The maximum absolute atomic E-state index is 11.9. The number of methoxy groups -OCH3 is 1. The van der Waals surface area contributed by atoms with Gasteiger partial charge in [0.2, 0.25) is 5.91 Å². The number of hydrogen-bond donors (Lipinski definition) is 2. The highest BCUT2D eigenvalue weighted by molar-refractivity contribution is 5.93. The number of carbonyl (C=O) groups is 2. The molecule has 108 valence electrons. The Morgan fingerprint density at radius 2 is 1.95 bits per heavy atom. The van der Waals surface area contributed by atoms with Gasteiger partial charge in [0.05, 0.1) is 7.11 Å². The Hall–Kier alpha value is -2.89. The number of carbonyl (C=O) groups excluding carboxylic acids is 2. The third kappa shape index (κ3) is 3.56. The molecule has 0 aliphatic carbocycles. The van der Waals surface area contributed by atoms with Crippen molar-refractivity contribution in [3.63, 3.8) is 0 Å². The van der Waals surface area contributed by atoms with Crippen molar-refractivity contribution < 1.29 is 14.3 Å². The standard InChI is InChI=1S/C15H15N3O3/c1-21-15(20)13(10-5-3-2-4-6-10)18-12-9-11(14(16)19)7-8-17-12/h2-9,13H,1H3,(H2,16,19)(H,17,18). The molecule has 1 aromatic carbocycles. The molecule has 0 saturated carbocycles. The van der Waals surface area contributed by atoms with Crippen LogP contribution < -0.4 is 11.1 Å². The predicted molar refractivity (Wildman–Crippen MR) is 77.6 cm³/mol. The second kappa shape index (κ2) is 6.51. The summed E-state index contributed by atoms with van der Waals surface area (Å²) in [5.41, 5.74) is 6.27. The highest BCUT2D eigenvalue weighted by atomic mass is 16.5. The van der Waals surface area contributed by atoms with Gasteiger partial charge < -0.3 is 15.8 Å². The maximum atomic E-state index is 11.9. The average molecular weight is 285 g/mol. The minimum absolute atomic E-state index is 0.309. The molecule has 0 saturated heterocycles. The molecule has 0 radical (unpaired) electrons. The van der Waals surface area contributed by atoms with E-state index < -0.39 is 17.9 Å². The molecule has 0 aliphatic rings. The summed E-state index contributed by atoms with van der Waals surface area (Å²) in [7, 11) is 1.31. The van der Waals surface area contributed by atoms with E-state index in [1.54, 1.807) is 12.1 Å². The fraction of sp³-hybridized carbons (Fsp3) is 0.133. The summed E-state index contributed by atoms with van der Waals surface area (Å²) in [5, 5.41) is 2.95. The fourth-order valence-electron chi connectivity index (χ4n) is 1.85. The SMILES string of the molecule is COC(=O)C(Nc1cc(C(N)=O)ccn1)c1ccccc1. The number of amides is 1. The van der Waals surface area contributed by atoms with Crippen molar-refractivity contribution >= 4 is 17.7 Å². The van der Waals surface area contributed by atoms with Crippen LogP contribution >= 0.6 is 0 Å². The molecule has 2 rings (SSSR count). The molecule has 0 spiro atoms. The lowest BCUT2D eigenvalue weighted by Gasteiger charge is -2.17. The molecule has 6 nitrogen and oxygen atoms in total. The molecular formula is C15H15N3O3. The molecular weight excluding hydrogens is 270 g/mol. The third-order valence-electron chi connectivity index (χ3n) is 2.91. The normalized spacial score (nSPS) is 11.5. The second-order valence-electron chi connectivity index (χ2n) is 4.31. The number of aromatic nitrogens is 1. The van der Waals surface area contributed by atoms with E-state index in [0.29, 0.717) is 11.4 Å². The zero-order valence-electron chi connectivity index (χ0n) is 11.4.